The fraction of sp³-hybridized carbons (Fsp3) is 0.300. The first kappa shape index (κ1) is 20.7. The summed E-state index contributed by atoms with van der Waals surface area (Å²) in [5, 5.41) is 6.73. The van der Waals surface area contributed by atoms with Crippen molar-refractivity contribution < 1.29 is 13.2 Å². The van der Waals surface area contributed by atoms with Crippen molar-refractivity contribution in [3.05, 3.63) is 60.4 Å². The zero-order chi connectivity index (χ0) is 20.9. The number of rotatable bonds is 9. The van der Waals surface area contributed by atoms with Crippen LogP contribution < -0.4 is 14.9 Å². The monoisotopic (exact) mass is 415 g/mol. The van der Waals surface area contributed by atoms with Crippen molar-refractivity contribution in [1.29, 1.82) is 0 Å². The number of anilines is 2. The Morgan fingerprint density at radius 3 is 2.52 bits per heavy atom. The standard InChI is InChI=1S/C20H25N5O3S/c1-3-24(4-2)18-7-5-16(6-8-18)20(26)21-12-14-29(27,28)23-17-10-13-25-19(15-17)9-11-22-25/h5-11,13,15,23H,3-4,12,14H2,1-2H3,(H,21,26). The number of hydrogen-bond donors (Lipinski definition) is 2. The maximum Gasteiger partial charge on any atom is 0.251 e. The predicted octanol–water partition coefficient (Wildman–Crippen LogP) is 2.35. The quantitative estimate of drug-likeness (QED) is 0.559. The number of hydrogen-bond acceptors (Lipinski definition) is 5. The average molecular weight is 416 g/mol. The third-order valence-electron chi connectivity index (χ3n) is 4.59. The lowest BCUT2D eigenvalue weighted by Gasteiger charge is -2.21. The molecule has 154 valence electrons. The van der Waals surface area contributed by atoms with Gasteiger partial charge in [-0.05, 0) is 56.3 Å². The number of amides is 1. The van der Waals surface area contributed by atoms with E-state index in [1.54, 1.807) is 47.2 Å². The number of nitrogens with zero attached hydrogens (tertiary/aromatic N) is 3. The van der Waals surface area contributed by atoms with E-state index in [0.717, 1.165) is 24.3 Å². The van der Waals surface area contributed by atoms with Crippen LogP contribution in [0.1, 0.15) is 24.2 Å². The number of aromatic nitrogens is 2. The summed E-state index contributed by atoms with van der Waals surface area (Å²) < 4.78 is 28.7. The van der Waals surface area contributed by atoms with E-state index < -0.39 is 10.0 Å². The van der Waals surface area contributed by atoms with E-state index in [-0.39, 0.29) is 18.2 Å². The van der Waals surface area contributed by atoms with Crippen molar-refractivity contribution in [2.45, 2.75) is 13.8 Å². The van der Waals surface area contributed by atoms with E-state index in [2.05, 4.69) is 33.9 Å². The van der Waals surface area contributed by atoms with Crippen LogP contribution in [0.2, 0.25) is 0 Å². The molecule has 3 aromatic rings. The summed E-state index contributed by atoms with van der Waals surface area (Å²) in [6.07, 6.45) is 3.31. The molecule has 0 radical (unpaired) electrons. The molecule has 1 amide bonds. The number of carbonyl (C=O) groups excluding carboxylic acids is 1. The van der Waals surface area contributed by atoms with Gasteiger partial charge in [0, 0.05) is 43.3 Å². The van der Waals surface area contributed by atoms with Crippen LogP contribution in [0.4, 0.5) is 11.4 Å². The fourth-order valence-electron chi connectivity index (χ4n) is 3.03. The third-order valence-corrected chi connectivity index (χ3v) is 5.88. The van der Waals surface area contributed by atoms with Crippen LogP contribution in [0.25, 0.3) is 5.52 Å². The number of benzene rings is 1. The molecule has 0 aliphatic rings. The van der Waals surface area contributed by atoms with Gasteiger partial charge in [0.15, 0.2) is 0 Å². The van der Waals surface area contributed by atoms with Gasteiger partial charge in [-0.2, -0.15) is 5.10 Å². The van der Waals surface area contributed by atoms with Crippen LogP contribution in [-0.4, -0.2) is 49.3 Å². The lowest BCUT2D eigenvalue weighted by Crippen LogP contribution is -2.31. The van der Waals surface area contributed by atoms with Crippen LogP contribution in [0, 0.1) is 0 Å². The zero-order valence-electron chi connectivity index (χ0n) is 16.5. The Hall–Kier alpha value is -3.07. The maximum absolute atomic E-state index is 12.3. The van der Waals surface area contributed by atoms with Crippen LogP contribution in [-0.2, 0) is 10.0 Å². The van der Waals surface area contributed by atoms with E-state index in [1.807, 2.05) is 12.1 Å². The second-order valence-corrected chi connectivity index (χ2v) is 8.35. The van der Waals surface area contributed by atoms with E-state index in [1.165, 1.54) is 0 Å². The SMILES string of the molecule is CCN(CC)c1ccc(C(=O)NCCS(=O)(=O)Nc2ccn3nccc3c2)cc1. The Morgan fingerprint density at radius 2 is 1.83 bits per heavy atom. The summed E-state index contributed by atoms with van der Waals surface area (Å²) in [7, 11) is -3.59. The van der Waals surface area contributed by atoms with Crippen LogP contribution in [0.15, 0.2) is 54.9 Å². The molecule has 0 saturated heterocycles. The van der Waals surface area contributed by atoms with Gasteiger partial charge in [0.25, 0.3) is 5.91 Å². The largest absolute Gasteiger partial charge is 0.372 e. The second kappa shape index (κ2) is 8.95. The first-order chi connectivity index (χ1) is 13.9. The Kier molecular flexibility index (Phi) is 6.38. The van der Waals surface area contributed by atoms with Gasteiger partial charge in [-0.3, -0.25) is 9.52 Å². The molecular formula is C20H25N5O3S. The van der Waals surface area contributed by atoms with Crippen molar-refractivity contribution >= 4 is 32.8 Å². The molecule has 2 aromatic heterocycles. The molecule has 2 heterocycles. The smallest absolute Gasteiger partial charge is 0.251 e. The summed E-state index contributed by atoms with van der Waals surface area (Å²) in [5.74, 6) is -0.521. The summed E-state index contributed by atoms with van der Waals surface area (Å²) in [4.78, 5) is 14.5. The first-order valence-corrected chi connectivity index (χ1v) is 11.1. The van der Waals surface area contributed by atoms with Gasteiger partial charge < -0.3 is 10.2 Å². The van der Waals surface area contributed by atoms with Crippen molar-refractivity contribution in [3.8, 4) is 0 Å². The average Bonchev–Trinajstić information content (AvgIpc) is 3.16. The van der Waals surface area contributed by atoms with Gasteiger partial charge in [0.1, 0.15) is 0 Å². The van der Waals surface area contributed by atoms with Gasteiger partial charge >= 0.3 is 0 Å². The molecule has 0 atom stereocenters. The molecule has 0 bridgehead atoms. The van der Waals surface area contributed by atoms with Crippen molar-refractivity contribution in [2.75, 3.05) is 35.0 Å². The Labute approximate surface area is 170 Å². The lowest BCUT2D eigenvalue weighted by molar-refractivity contribution is 0.0956. The number of fused-ring (bicyclic) bond motifs is 1. The topological polar surface area (TPSA) is 95.8 Å². The van der Waals surface area contributed by atoms with Crippen molar-refractivity contribution in [3.63, 3.8) is 0 Å². The van der Waals surface area contributed by atoms with Crippen LogP contribution in [0.3, 0.4) is 0 Å². The molecule has 8 nitrogen and oxygen atoms in total. The number of sulfonamides is 1. The Morgan fingerprint density at radius 1 is 1.10 bits per heavy atom. The first-order valence-electron chi connectivity index (χ1n) is 9.49. The zero-order valence-corrected chi connectivity index (χ0v) is 17.3. The lowest BCUT2D eigenvalue weighted by atomic mass is 10.2. The molecule has 0 aliphatic carbocycles. The number of carbonyl (C=O) groups is 1. The normalized spacial score (nSPS) is 11.4. The van der Waals surface area contributed by atoms with E-state index in [9.17, 15) is 13.2 Å². The van der Waals surface area contributed by atoms with Crippen LogP contribution >= 0.6 is 0 Å². The highest BCUT2D eigenvalue weighted by molar-refractivity contribution is 7.92. The molecule has 0 unspecified atom stereocenters. The molecule has 29 heavy (non-hydrogen) atoms. The Balaban J connectivity index is 1.53. The molecule has 0 spiro atoms. The highest BCUT2D eigenvalue weighted by Gasteiger charge is 2.13. The number of pyridine rings is 1. The molecule has 2 N–H and O–H groups in total. The fourth-order valence-corrected chi connectivity index (χ4v) is 3.99. The third kappa shape index (κ3) is 5.26. The van der Waals surface area contributed by atoms with Gasteiger partial charge in [0.05, 0.1) is 17.0 Å². The summed E-state index contributed by atoms with van der Waals surface area (Å²) in [5.41, 5.74) is 2.79. The van der Waals surface area contributed by atoms with E-state index in [0.29, 0.717) is 11.3 Å². The summed E-state index contributed by atoms with van der Waals surface area (Å²) in [6.45, 7) is 5.95. The minimum absolute atomic E-state index is 0.0148. The minimum Gasteiger partial charge on any atom is -0.372 e. The highest BCUT2D eigenvalue weighted by atomic mass is 32.2. The molecular weight excluding hydrogens is 390 g/mol. The molecule has 0 fully saturated rings. The molecule has 9 heteroatoms. The van der Waals surface area contributed by atoms with Gasteiger partial charge in [-0.15, -0.1) is 0 Å². The highest BCUT2D eigenvalue weighted by Crippen LogP contribution is 2.15. The number of nitrogens with one attached hydrogen (secondary N) is 2. The molecule has 0 aliphatic heterocycles. The van der Waals surface area contributed by atoms with E-state index >= 15 is 0 Å². The summed E-state index contributed by atoms with van der Waals surface area (Å²) in [6, 6.07) is 12.4. The maximum atomic E-state index is 12.3. The molecule has 1 aromatic carbocycles. The van der Waals surface area contributed by atoms with Crippen molar-refractivity contribution in [2.24, 2.45) is 0 Å². The van der Waals surface area contributed by atoms with Gasteiger partial charge in [-0.1, -0.05) is 0 Å². The van der Waals surface area contributed by atoms with Gasteiger partial charge in [-0.25, -0.2) is 12.9 Å². The molecule has 0 saturated carbocycles. The van der Waals surface area contributed by atoms with E-state index in [4.69, 9.17) is 0 Å². The predicted molar refractivity (Wildman–Crippen MR) is 115 cm³/mol. The van der Waals surface area contributed by atoms with Gasteiger partial charge in [0.2, 0.25) is 10.0 Å². The van der Waals surface area contributed by atoms with Crippen molar-refractivity contribution in [1.82, 2.24) is 14.9 Å². The molecule has 3 rings (SSSR count). The summed E-state index contributed by atoms with van der Waals surface area (Å²) >= 11 is 0. The second-order valence-electron chi connectivity index (χ2n) is 6.51. The Bertz CT molecular complexity index is 1070. The minimum atomic E-state index is -3.59. The van der Waals surface area contributed by atoms with Crippen LogP contribution in [0.5, 0.6) is 0 Å².